The SMILES string of the molecule is CCOC(=O)N1CCC(N[C@@H]2CCC(=O)N(C)C2)CC1. The number of rotatable bonds is 3. The summed E-state index contributed by atoms with van der Waals surface area (Å²) in [7, 11) is 1.86. The molecule has 6 heteroatoms. The summed E-state index contributed by atoms with van der Waals surface area (Å²) in [5.41, 5.74) is 0. The van der Waals surface area contributed by atoms with Crippen LogP contribution in [-0.2, 0) is 9.53 Å². The first-order chi connectivity index (χ1) is 9.60. The fourth-order valence-corrected chi connectivity index (χ4v) is 2.93. The van der Waals surface area contributed by atoms with E-state index in [0.717, 1.165) is 38.9 Å². The van der Waals surface area contributed by atoms with Gasteiger partial charge >= 0.3 is 6.09 Å². The zero-order chi connectivity index (χ0) is 14.5. The van der Waals surface area contributed by atoms with Crippen LogP contribution in [0.15, 0.2) is 0 Å². The fraction of sp³-hybridized carbons (Fsp3) is 0.857. The number of ether oxygens (including phenoxy) is 1. The molecule has 0 aromatic heterocycles. The van der Waals surface area contributed by atoms with Gasteiger partial charge < -0.3 is 19.9 Å². The van der Waals surface area contributed by atoms with Crippen molar-refractivity contribution in [3.63, 3.8) is 0 Å². The summed E-state index contributed by atoms with van der Waals surface area (Å²) >= 11 is 0. The molecule has 2 amide bonds. The average Bonchev–Trinajstić information content (AvgIpc) is 2.44. The first kappa shape index (κ1) is 15.1. The third kappa shape index (κ3) is 3.85. The van der Waals surface area contributed by atoms with Crippen molar-refractivity contribution in [2.75, 3.05) is 33.3 Å². The average molecular weight is 283 g/mol. The van der Waals surface area contributed by atoms with Gasteiger partial charge in [0.25, 0.3) is 0 Å². The van der Waals surface area contributed by atoms with E-state index in [1.165, 1.54) is 0 Å². The van der Waals surface area contributed by atoms with Crippen LogP contribution in [0.25, 0.3) is 0 Å². The van der Waals surface area contributed by atoms with Gasteiger partial charge in [0.1, 0.15) is 0 Å². The number of nitrogens with zero attached hydrogens (tertiary/aromatic N) is 2. The van der Waals surface area contributed by atoms with Crippen LogP contribution in [0.4, 0.5) is 4.79 Å². The molecule has 2 heterocycles. The summed E-state index contributed by atoms with van der Waals surface area (Å²) in [6.07, 6.45) is 3.26. The molecule has 1 N–H and O–H groups in total. The van der Waals surface area contributed by atoms with Crippen molar-refractivity contribution in [1.29, 1.82) is 0 Å². The number of likely N-dealkylation sites (tertiary alicyclic amines) is 2. The Kier molecular flexibility index (Phi) is 5.23. The van der Waals surface area contributed by atoms with E-state index in [1.807, 2.05) is 14.0 Å². The van der Waals surface area contributed by atoms with E-state index in [1.54, 1.807) is 9.80 Å². The molecule has 0 bridgehead atoms. The molecular weight excluding hydrogens is 258 g/mol. The number of nitrogens with one attached hydrogen (secondary N) is 1. The summed E-state index contributed by atoms with van der Waals surface area (Å²) in [5.74, 6) is 0.236. The highest BCUT2D eigenvalue weighted by Gasteiger charge is 2.28. The molecule has 6 nitrogen and oxygen atoms in total. The molecule has 2 saturated heterocycles. The Morgan fingerprint density at radius 2 is 2.00 bits per heavy atom. The molecule has 2 aliphatic heterocycles. The number of piperidine rings is 2. The van der Waals surface area contributed by atoms with Crippen molar-refractivity contribution in [1.82, 2.24) is 15.1 Å². The van der Waals surface area contributed by atoms with E-state index < -0.39 is 0 Å². The van der Waals surface area contributed by atoms with E-state index in [9.17, 15) is 9.59 Å². The maximum absolute atomic E-state index is 11.6. The molecule has 1 atom stereocenters. The van der Waals surface area contributed by atoms with Gasteiger partial charge in [-0.25, -0.2) is 4.79 Å². The quantitative estimate of drug-likeness (QED) is 0.833. The first-order valence-electron chi connectivity index (χ1n) is 7.52. The monoisotopic (exact) mass is 283 g/mol. The second-order valence-electron chi connectivity index (χ2n) is 5.64. The smallest absolute Gasteiger partial charge is 0.409 e. The van der Waals surface area contributed by atoms with Gasteiger partial charge in [-0.2, -0.15) is 0 Å². The molecule has 0 aromatic carbocycles. The molecule has 2 fully saturated rings. The van der Waals surface area contributed by atoms with Crippen molar-refractivity contribution >= 4 is 12.0 Å². The lowest BCUT2D eigenvalue weighted by Gasteiger charge is -2.36. The normalized spacial score (nSPS) is 24.9. The van der Waals surface area contributed by atoms with Crippen LogP contribution in [0.3, 0.4) is 0 Å². The molecule has 2 aliphatic rings. The zero-order valence-corrected chi connectivity index (χ0v) is 12.4. The summed E-state index contributed by atoms with van der Waals surface area (Å²) in [6, 6.07) is 0.823. The highest BCUT2D eigenvalue weighted by Crippen LogP contribution is 2.15. The third-order valence-corrected chi connectivity index (χ3v) is 4.12. The lowest BCUT2D eigenvalue weighted by Crippen LogP contribution is -2.53. The predicted octanol–water partition coefficient (Wildman–Crippen LogP) is 0.818. The number of amides is 2. The molecule has 0 radical (unpaired) electrons. The van der Waals surface area contributed by atoms with Gasteiger partial charge in [-0.3, -0.25) is 4.79 Å². The van der Waals surface area contributed by atoms with Crippen molar-refractivity contribution in [2.45, 2.75) is 44.7 Å². The second-order valence-corrected chi connectivity index (χ2v) is 5.64. The Bertz CT molecular complexity index is 354. The van der Waals surface area contributed by atoms with Crippen LogP contribution in [0.2, 0.25) is 0 Å². The van der Waals surface area contributed by atoms with Gasteiger partial charge in [0.05, 0.1) is 6.61 Å². The van der Waals surface area contributed by atoms with Gasteiger partial charge in [0.2, 0.25) is 5.91 Å². The summed E-state index contributed by atoms with van der Waals surface area (Å²) in [4.78, 5) is 26.6. The highest BCUT2D eigenvalue weighted by molar-refractivity contribution is 5.76. The lowest BCUT2D eigenvalue weighted by molar-refractivity contribution is -0.132. The minimum Gasteiger partial charge on any atom is -0.450 e. The van der Waals surface area contributed by atoms with E-state index >= 15 is 0 Å². The molecule has 114 valence electrons. The van der Waals surface area contributed by atoms with Gasteiger partial charge in [0, 0.05) is 45.2 Å². The van der Waals surface area contributed by atoms with Crippen molar-refractivity contribution < 1.29 is 14.3 Å². The van der Waals surface area contributed by atoms with Crippen LogP contribution in [0, 0.1) is 0 Å². The predicted molar refractivity (Wildman–Crippen MR) is 75.4 cm³/mol. The van der Waals surface area contributed by atoms with E-state index in [2.05, 4.69) is 5.32 Å². The van der Waals surface area contributed by atoms with E-state index in [-0.39, 0.29) is 12.0 Å². The number of hydrogen-bond donors (Lipinski definition) is 1. The van der Waals surface area contributed by atoms with E-state index in [4.69, 9.17) is 4.74 Å². The molecule has 0 aromatic rings. The maximum atomic E-state index is 11.6. The van der Waals surface area contributed by atoms with Crippen LogP contribution in [-0.4, -0.2) is 67.2 Å². The topological polar surface area (TPSA) is 61.9 Å². The fourth-order valence-electron chi connectivity index (χ4n) is 2.93. The summed E-state index contributed by atoms with van der Waals surface area (Å²) < 4.78 is 5.01. The van der Waals surface area contributed by atoms with Gasteiger partial charge in [-0.15, -0.1) is 0 Å². The molecule has 0 aliphatic carbocycles. The number of hydrogen-bond acceptors (Lipinski definition) is 4. The molecular formula is C14H25N3O3. The molecule has 0 saturated carbocycles. The van der Waals surface area contributed by atoms with Gasteiger partial charge in [-0.1, -0.05) is 0 Å². The number of carbonyl (C=O) groups is 2. The van der Waals surface area contributed by atoms with Crippen LogP contribution in [0.5, 0.6) is 0 Å². The molecule has 0 spiro atoms. The number of likely N-dealkylation sites (N-methyl/N-ethyl adjacent to an activating group) is 1. The Hall–Kier alpha value is -1.30. The molecule has 2 rings (SSSR count). The molecule has 0 unspecified atom stereocenters. The third-order valence-electron chi connectivity index (χ3n) is 4.12. The van der Waals surface area contributed by atoms with Gasteiger partial charge in [-0.05, 0) is 26.2 Å². The van der Waals surface area contributed by atoms with Crippen molar-refractivity contribution in [3.05, 3.63) is 0 Å². The minimum absolute atomic E-state index is 0.200. The van der Waals surface area contributed by atoms with Crippen LogP contribution < -0.4 is 5.32 Å². The van der Waals surface area contributed by atoms with E-state index in [0.29, 0.717) is 25.1 Å². The Morgan fingerprint density at radius 1 is 1.30 bits per heavy atom. The Balaban J connectivity index is 1.72. The van der Waals surface area contributed by atoms with Crippen LogP contribution >= 0.6 is 0 Å². The second kappa shape index (κ2) is 6.92. The van der Waals surface area contributed by atoms with Gasteiger partial charge in [0.15, 0.2) is 0 Å². The van der Waals surface area contributed by atoms with Crippen molar-refractivity contribution in [2.24, 2.45) is 0 Å². The summed E-state index contributed by atoms with van der Waals surface area (Å²) in [5, 5.41) is 3.63. The lowest BCUT2D eigenvalue weighted by atomic mass is 10.0. The van der Waals surface area contributed by atoms with Crippen LogP contribution in [0.1, 0.15) is 32.6 Å². The zero-order valence-electron chi connectivity index (χ0n) is 12.4. The Labute approximate surface area is 120 Å². The maximum Gasteiger partial charge on any atom is 0.409 e. The highest BCUT2D eigenvalue weighted by atomic mass is 16.6. The first-order valence-corrected chi connectivity index (χ1v) is 7.52. The van der Waals surface area contributed by atoms with Crippen molar-refractivity contribution in [3.8, 4) is 0 Å². The number of carbonyl (C=O) groups excluding carboxylic acids is 2. The Morgan fingerprint density at radius 3 is 2.60 bits per heavy atom. The largest absolute Gasteiger partial charge is 0.450 e. The minimum atomic E-state index is -0.200. The summed E-state index contributed by atoms with van der Waals surface area (Å²) in [6.45, 7) is 4.54. The standard InChI is InChI=1S/C14H25N3O3/c1-3-20-14(19)17-8-6-11(7-9-17)15-12-4-5-13(18)16(2)10-12/h11-12,15H,3-10H2,1-2H3/t12-/m1/s1. The molecule has 20 heavy (non-hydrogen) atoms.